The van der Waals surface area contributed by atoms with E-state index in [0.717, 1.165) is 24.8 Å². The number of piperidine rings is 1. The highest BCUT2D eigenvalue weighted by atomic mass is 32.2. The zero-order chi connectivity index (χ0) is 18.4. The van der Waals surface area contributed by atoms with Crippen LogP contribution in [0.5, 0.6) is 0 Å². The van der Waals surface area contributed by atoms with Gasteiger partial charge in [0.2, 0.25) is 10.0 Å². The summed E-state index contributed by atoms with van der Waals surface area (Å²) in [5.74, 6) is -0.0529. The Bertz CT molecular complexity index is 827. The molecule has 1 N–H and O–H groups in total. The second-order valence-corrected chi connectivity index (χ2v) is 8.44. The summed E-state index contributed by atoms with van der Waals surface area (Å²) in [6, 6.07) is 16.1. The second-order valence-electron chi connectivity index (χ2n) is 6.50. The molecule has 26 heavy (non-hydrogen) atoms. The van der Waals surface area contributed by atoms with Crippen LogP contribution in [0.1, 0.15) is 35.2 Å². The van der Waals surface area contributed by atoms with Gasteiger partial charge in [-0.15, -0.1) is 0 Å². The topological polar surface area (TPSA) is 66.5 Å². The third-order valence-corrected chi connectivity index (χ3v) is 6.50. The Hall–Kier alpha value is -2.02. The summed E-state index contributed by atoms with van der Waals surface area (Å²) in [5, 5.41) is 3.12. The van der Waals surface area contributed by atoms with E-state index in [1.807, 2.05) is 30.3 Å². The number of carbonyl (C=O) groups is 1. The van der Waals surface area contributed by atoms with Crippen molar-refractivity contribution < 1.29 is 13.2 Å². The number of nitrogens with one attached hydrogen (secondary N) is 1. The second kappa shape index (κ2) is 8.58. The number of ketones is 1. The zero-order valence-electron chi connectivity index (χ0n) is 14.7. The first-order valence-electron chi connectivity index (χ1n) is 8.95. The van der Waals surface area contributed by atoms with Gasteiger partial charge >= 0.3 is 0 Å². The number of hydrogen-bond acceptors (Lipinski definition) is 4. The van der Waals surface area contributed by atoms with Gasteiger partial charge in [-0.1, -0.05) is 48.9 Å². The van der Waals surface area contributed by atoms with E-state index >= 15 is 0 Å². The van der Waals surface area contributed by atoms with Crippen LogP contribution in [0.25, 0.3) is 0 Å². The van der Waals surface area contributed by atoms with E-state index in [0.29, 0.717) is 25.2 Å². The van der Waals surface area contributed by atoms with Crippen molar-refractivity contribution >= 4 is 15.8 Å². The van der Waals surface area contributed by atoms with Gasteiger partial charge in [0.15, 0.2) is 5.78 Å². The molecular formula is C20H24N2O3S. The van der Waals surface area contributed by atoms with Crippen LogP contribution in [0.3, 0.4) is 0 Å². The van der Waals surface area contributed by atoms with E-state index in [1.54, 1.807) is 12.1 Å². The maximum Gasteiger partial charge on any atom is 0.243 e. The Labute approximate surface area is 155 Å². The van der Waals surface area contributed by atoms with E-state index in [1.165, 1.54) is 16.4 Å². The lowest BCUT2D eigenvalue weighted by Crippen LogP contribution is -2.35. The number of carbonyl (C=O) groups excluding carboxylic acids is 1. The molecule has 3 rings (SSSR count). The summed E-state index contributed by atoms with van der Waals surface area (Å²) in [5.41, 5.74) is 1.63. The van der Waals surface area contributed by atoms with Crippen LogP contribution in [0.2, 0.25) is 0 Å². The van der Waals surface area contributed by atoms with Gasteiger partial charge in [-0.05, 0) is 30.5 Å². The molecule has 1 saturated heterocycles. The largest absolute Gasteiger partial charge is 0.306 e. The number of benzene rings is 2. The van der Waals surface area contributed by atoms with E-state index in [2.05, 4.69) is 5.32 Å². The van der Waals surface area contributed by atoms with Crippen molar-refractivity contribution in [3.8, 4) is 0 Å². The molecule has 0 aromatic heterocycles. The monoisotopic (exact) mass is 372 g/mol. The van der Waals surface area contributed by atoms with Crippen molar-refractivity contribution in [1.29, 1.82) is 0 Å². The molecular weight excluding hydrogens is 348 g/mol. The first-order chi connectivity index (χ1) is 12.6. The highest BCUT2D eigenvalue weighted by molar-refractivity contribution is 7.89. The fraction of sp³-hybridized carbons (Fsp3) is 0.350. The number of rotatable bonds is 7. The van der Waals surface area contributed by atoms with Gasteiger partial charge in [-0.2, -0.15) is 4.31 Å². The van der Waals surface area contributed by atoms with E-state index in [4.69, 9.17) is 0 Å². The van der Waals surface area contributed by atoms with Crippen molar-refractivity contribution in [3.05, 3.63) is 65.7 Å². The fourth-order valence-electron chi connectivity index (χ4n) is 3.09. The van der Waals surface area contributed by atoms with Crippen molar-refractivity contribution in [2.45, 2.75) is 30.7 Å². The van der Waals surface area contributed by atoms with Crippen LogP contribution in [0.15, 0.2) is 59.5 Å². The smallest absolute Gasteiger partial charge is 0.243 e. The SMILES string of the molecule is O=C(CNCc1ccccc1)c1ccc(S(=O)(=O)N2CCCCC2)cc1. The highest BCUT2D eigenvalue weighted by Crippen LogP contribution is 2.20. The van der Waals surface area contributed by atoms with E-state index in [9.17, 15) is 13.2 Å². The lowest BCUT2D eigenvalue weighted by Gasteiger charge is -2.25. The average Bonchev–Trinajstić information content (AvgIpc) is 2.69. The first kappa shape index (κ1) is 18.8. The molecule has 0 spiro atoms. The minimum atomic E-state index is -3.45. The third-order valence-electron chi connectivity index (χ3n) is 4.59. The molecule has 1 aliphatic rings. The summed E-state index contributed by atoms with van der Waals surface area (Å²) in [6.45, 7) is 1.99. The lowest BCUT2D eigenvalue weighted by molar-refractivity contribution is 0.0990. The van der Waals surface area contributed by atoms with Gasteiger partial charge in [0.1, 0.15) is 0 Å². The van der Waals surface area contributed by atoms with Crippen molar-refractivity contribution in [2.24, 2.45) is 0 Å². The number of nitrogens with zero attached hydrogens (tertiary/aromatic N) is 1. The summed E-state index contributed by atoms with van der Waals surface area (Å²) in [4.78, 5) is 12.5. The van der Waals surface area contributed by atoms with Crippen molar-refractivity contribution in [2.75, 3.05) is 19.6 Å². The molecule has 2 aromatic rings. The molecule has 0 aliphatic carbocycles. The van der Waals surface area contributed by atoms with Gasteiger partial charge in [0, 0.05) is 25.2 Å². The number of Topliss-reactive ketones (excluding diaryl/α,β-unsaturated/α-hetero) is 1. The maximum absolute atomic E-state index is 12.6. The van der Waals surface area contributed by atoms with Crippen LogP contribution in [-0.2, 0) is 16.6 Å². The standard InChI is InChI=1S/C20H24N2O3S/c23-20(16-21-15-17-7-3-1-4-8-17)18-9-11-19(12-10-18)26(24,25)22-13-5-2-6-14-22/h1,3-4,7-12,21H,2,5-6,13-16H2. The Kier molecular flexibility index (Phi) is 6.19. The molecule has 6 heteroatoms. The minimum absolute atomic E-state index is 0.0529. The van der Waals surface area contributed by atoms with Crippen LogP contribution < -0.4 is 5.32 Å². The molecule has 0 atom stereocenters. The van der Waals surface area contributed by atoms with Gasteiger partial charge in [-0.25, -0.2) is 8.42 Å². The molecule has 0 radical (unpaired) electrons. The minimum Gasteiger partial charge on any atom is -0.306 e. The van der Waals surface area contributed by atoms with Crippen molar-refractivity contribution in [1.82, 2.24) is 9.62 Å². The molecule has 0 amide bonds. The predicted octanol–water partition coefficient (Wildman–Crippen LogP) is 2.83. The Morgan fingerprint density at radius 3 is 2.23 bits per heavy atom. The third kappa shape index (κ3) is 4.58. The van der Waals surface area contributed by atoms with E-state index < -0.39 is 10.0 Å². The molecule has 2 aromatic carbocycles. The van der Waals surface area contributed by atoms with Crippen LogP contribution in [0.4, 0.5) is 0 Å². The normalized spacial score (nSPS) is 15.7. The summed E-state index contributed by atoms with van der Waals surface area (Å²) >= 11 is 0. The summed E-state index contributed by atoms with van der Waals surface area (Å²) < 4.78 is 26.8. The van der Waals surface area contributed by atoms with Gasteiger partial charge in [0.05, 0.1) is 11.4 Å². The lowest BCUT2D eigenvalue weighted by atomic mass is 10.1. The highest BCUT2D eigenvalue weighted by Gasteiger charge is 2.25. The maximum atomic E-state index is 12.6. The van der Waals surface area contributed by atoms with Gasteiger partial charge < -0.3 is 5.32 Å². The Morgan fingerprint density at radius 2 is 1.58 bits per heavy atom. The summed E-state index contributed by atoms with van der Waals surface area (Å²) in [6.07, 6.45) is 2.89. The van der Waals surface area contributed by atoms with Crippen LogP contribution >= 0.6 is 0 Å². The zero-order valence-corrected chi connectivity index (χ0v) is 15.5. The molecule has 138 valence electrons. The number of hydrogen-bond donors (Lipinski definition) is 1. The van der Waals surface area contributed by atoms with Gasteiger partial charge in [0.25, 0.3) is 0 Å². The molecule has 5 nitrogen and oxygen atoms in total. The van der Waals surface area contributed by atoms with E-state index in [-0.39, 0.29) is 17.2 Å². The first-order valence-corrected chi connectivity index (χ1v) is 10.4. The Morgan fingerprint density at radius 1 is 0.923 bits per heavy atom. The quantitative estimate of drug-likeness (QED) is 0.759. The molecule has 0 saturated carbocycles. The predicted molar refractivity (Wildman–Crippen MR) is 102 cm³/mol. The molecule has 1 fully saturated rings. The molecule has 0 bridgehead atoms. The molecule has 1 heterocycles. The molecule has 1 aliphatic heterocycles. The Balaban J connectivity index is 1.59. The number of sulfonamides is 1. The molecule has 0 unspecified atom stereocenters. The van der Waals surface area contributed by atoms with Crippen molar-refractivity contribution in [3.63, 3.8) is 0 Å². The summed E-state index contributed by atoms with van der Waals surface area (Å²) in [7, 11) is -3.45. The van der Waals surface area contributed by atoms with Crippen LogP contribution in [0, 0.1) is 0 Å². The van der Waals surface area contributed by atoms with Gasteiger partial charge in [-0.3, -0.25) is 4.79 Å². The fourth-order valence-corrected chi connectivity index (χ4v) is 4.60. The van der Waals surface area contributed by atoms with Crippen LogP contribution in [-0.4, -0.2) is 38.1 Å². The average molecular weight is 372 g/mol.